The number of nitrogens with one attached hydrogen (secondary N) is 2. The van der Waals surface area contributed by atoms with Crippen molar-refractivity contribution >= 4 is 17.8 Å². The molecule has 2 N–H and O–H groups in total. The van der Waals surface area contributed by atoms with Gasteiger partial charge in [-0.2, -0.15) is 18.2 Å². The lowest BCUT2D eigenvalue weighted by Crippen LogP contribution is -2.53. The summed E-state index contributed by atoms with van der Waals surface area (Å²) < 4.78 is 39.4. The van der Waals surface area contributed by atoms with Crippen LogP contribution in [0, 0.1) is 5.92 Å². The predicted octanol–water partition coefficient (Wildman–Crippen LogP) is 3.76. The molecule has 3 aliphatic rings. The molecule has 180 valence electrons. The summed E-state index contributed by atoms with van der Waals surface area (Å²) in [4.78, 5) is 40.0. The van der Waals surface area contributed by atoms with Gasteiger partial charge in [-0.3, -0.25) is 19.9 Å². The Balaban J connectivity index is 1.43. The van der Waals surface area contributed by atoms with Crippen LogP contribution < -0.4 is 10.7 Å². The van der Waals surface area contributed by atoms with E-state index in [0.717, 1.165) is 42.8 Å². The third kappa shape index (κ3) is 4.85. The molecule has 7 nitrogen and oxygen atoms in total. The highest BCUT2D eigenvalue weighted by molar-refractivity contribution is 6.08. The number of carbonyl (C=O) groups excluding carboxylic acids is 3. The summed E-state index contributed by atoms with van der Waals surface area (Å²) in [5, 5.41) is 3.52. The fourth-order valence-corrected chi connectivity index (χ4v) is 4.80. The highest BCUT2D eigenvalue weighted by Crippen LogP contribution is 2.37. The number of carbonyl (C=O) groups is 3. The van der Waals surface area contributed by atoms with Gasteiger partial charge in [0.15, 0.2) is 0 Å². The highest BCUT2D eigenvalue weighted by atomic mass is 19.4. The fraction of sp³-hybridized carbons (Fsp3) is 0.609. The first kappa shape index (κ1) is 23.5. The molecule has 3 fully saturated rings. The number of hydrogen-bond acceptors (Lipinski definition) is 4. The predicted molar refractivity (Wildman–Crippen MR) is 113 cm³/mol. The Morgan fingerprint density at radius 3 is 2.52 bits per heavy atom. The van der Waals surface area contributed by atoms with Gasteiger partial charge in [-0.1, -0.05) is 19.1 Å². The molecule has 2 aliphatic carbocycles. The van der Waals surface area contributed by atoms with Gasteiger partial charge < -0.3 is 5.32 Å². The monoisotopic (exact) mass is 466 g/mol. The summed E-state index contributed by atoms with van der Waals surface area (Å²) in [5.74, 6) is -0.518. The third-order valence-electron chi connectivity index (χ3n) is 7.06. The minimum atomic E-state index is -4.45. The minimum Gasteiger partial charge on any atom is -0.322 e. The maximum atomic E-state index is 13.1. The van der Waals surface area contributed by atoms with Crippen LogP contribution in [0.3, 0.4) is 0 Å². The van der Waals surface area contributed by atoms with E-state index in [4.69, 9.17) is 0 Å². The van der Waals surface area contributed by atoms with Gasteiger partial charge in [-0.15, -0.1) is 0 Å². The molecule has 1 unspecified atom stereocenters. The molecule has 0 bridgehead atoms. The van der Waals surface area contributed by atoms with Crippen LogP contribution in [0.25, 0.3) is 0 Å². The Bertz CT molecular complexity index is 939. The lowest BCUT2D eigenvalue weighted by atomic mass is 9.77. The van der Waals surface area contributed by atoms with Gasteiger partial charge in [-0.25, -0.2) is 4.79 Å². The van der Waals surface area contributed by atoms with E-state index in [2.05, 4.69) is 17.7 Å². The van der Waals surface area contributed by atoms with Gasteiger partial charge in [0.05, 0.1) is 12.1 Å². The second kappa shape index (κ2) is 8.62. The van der Waals surface area contributed by atoms with Crippen molar-refractivity contribution < 1.29 is 27.6 Å². The average molecular weight is 467 g/mol. The van der Waals surface area contributed by atoms with Crippen LogP contribution in [-0.4, -0.2) is 45.9 Å². The number of benzene rings is 1. The van der Waals surface area contributed by atoms with Crippen molar-refractivity contribution in [3.05, 3.63) is 35.4 Å². The second-order valence-electron chi connectivity index (χ2n) is 9.57. The second-order valence-corrected chi connectivity index (χ2v) is 9.57. The molecule has 0 radical (unpaired) electrons. The van der Waals surface area contributed by atoms with E-state index >= 15 is 0 Å². The Morgan fingerprint density at radius 1 is 1.24 bits per heavy atom. The van der Waals surface area contributed by atoms with E-state index in [0.29, 0.717) is 24.3 Å². The zero-order valence-electron chi connectivity index (χ0n) is 18.7. The smallest absolute Gasteiger partial charge is 0.322 e. The van der Waals surface area contributed by atoms with Crippen molar-refractivity contribution in [3.63, 3.8) is 0 Å². The molecule has 1 spiro atoms. The summed E-state index contributed by atoms with van der Waals surface area (Å²) in [6.45, 7) is 3.72. The van der Waals surface area contributed by atoms with Crippen LogP contribution in [0.4, 0.5) is 18.0 Å². The molecule has 4 amide bonds. The first-order valence-corrected chi connectivity index (χ1v) is 11.4. The number of urea groups is 1. The van der Waals surface area contributed by atoms with Crippen LogP contribution in [0.5, 0.6) is 0 Å². The van der Waals surface area contributed by atoms with E-state index < -0.39 is 41.2 Å². The number of alkyl halides is 3. The van der Waals surface area contributed by atoms with Crippen molar-refractivity contribution in [2.75, 3.05) is 6.54 Å². The van der Waals surface area contributed by atoms with Crippen LogP contribution >= 0.6 is 0 Å². The number of hydrogen-bond donors (Lipinski definition) is 2. The van der Waals surface area contributed by atoms with Crippen molar-refractivity contribution in [1.29, 1.82) is 0 Å². The Hall–Kier alpha value is -2.62. The van der Waals surface area contributed by atoms with Gasteiger partial charge in [0, 0.05) is 12.1 Å². The van der Waals surface area contributed by atoms with Crippen LogP contribution in [0.1, 0.15) is 69.5 Å². The molecule has 10 heteroatoms. The quantitative estimate of drug-likeness (QED) is 0.626. The van der Waals surface area contributed by atoms with Gasteiger partial charge in [0.25, 0.3) is 11.8 Å². The van der Waals surface area contributed by atoms with Crippen LogP contribution in [0.2, 0.25) is 0 Å². The lowest BCUT2D eigenvalue weighted by molar-refractivity contribution is -0.140. The summed E-state index contributed by atoms with van der Waals surface area (Å²) in [5.41, 5.74) is 1.18. The Morgan fingerprint density at radius 2 is 1.91 bits per heavy atom. The fourth-order valence-electron chi connectivity index (χ4n) is 4.80. The zero-order chi connectivity index (χ0) is 24.0. The van der Waals surface area contributed by atoms with Crippen molar-refractivity contribution in [1.82, 2.24) is 20.7 Å². The minimum absolute atomic E-state index is 0.0644. The summed E-state index contributed by atoms with van der Waals surface area (Å²) in [7, 11) is 0. The molecule has 1 heterocycles. The maximum Gasteiger partial charge on any atom is 0.416 e. The highest BCUT2D eigenvalue weighted by Gasteiger charge is 2.53. The number of halogens is 3. The molecular formula is C23H29F3N4O3. The molecular weight excluding hydrogens is 437 g/mol. The molecule has 33 heavy (non-hydrogen) atoms. The molecule has 1 atom stereocenters. The average Bonchev–Trinajstić information content (AvgIpc) is 3.58. The number of rotatable bonds is 6. The topological polar surface area (TPSA) is 81.8 Å². The van der Waals surface area contributed by atoms with Crippen molar-refractivity contribution in [2.45, 2.75) is 76.2 Å². The molecule has 4 rings (SSSR count). The Labute approximate surface area is 190 Å². The first-order valence-electron chi connectivity index (χ1n) is 11.4. The third-order valence-corrected chi connectivity index (χ3v) is 7.06. The van der Waals surface area contributed by atoms with Gasteiger partial charge in [-0.05, 0) is 69.1 Å². The van der Waals surface area contributed by atoms with E-state index in [1.807, 2.05) is 4.90 Å². The normalized spacial score (nSPS) is 26.6. The number of nitrogens with zero attached hydrogens (tertiary/aromatic N) is 2. The maximum absolute atomic E-state index is 13.1. The van der Waals surface area contributed by atoms with Gasteiger partial charge in [0.2, 0.25) is 0 Å². The number of imide groups is 1. The zero-order valence-corrected chi connectivity index (χ0v) is 18.7. The lowest BCUT2D eigenvalue weighted by Gasteiger charge is -2.33. The molecule has 1 aromatic rings. The largest absolute Gasteiger partial charge is 0.416 e. The van der Waals surface area contributed by atoms with Gasteiger partial charge >= 0.3 is 12.2 Å². The molecule has 1 aromatic carbocycles. The molecule has 0 aromatic heterocycles. The van der Waals surface area contributed by atoms with E-state index in [-0.39, 0.29) is 12.6 Å². The molecule has 2 saturated carbocycles. The van der Waals surface area contributed by atoms with E-state index in [1.165, 1.54) is 6.07 Å². The first-order chi connectivity index (χ1) is 15.5. The van der Waals surface area contributed by atoms with Crippen molar-refractivity contribution in [3.8, 4) is 0 Å². The van der Waals surface area contributed by atoms with Crippen LogP contribution in [0.15, 0.2) is 24.3 Å². The SMILES string of the molecule is CC1CCC2(CC1)NC(=O)N(NC(=O)CN(C1CC1)C(C)c1cccc(C(F)(F)F)c1)C2=O. The van der Waals surface area contributed by atoms with Crippen molar-refractivity contribution in [2.24, 2.45) is 5.92 Å². The summed E-state index contributed by atoms with van der Waals surface area (Å²) in [6, 6.07) is 4.06. The molecule has 1 aliphatic heterocycles. The van der Waals surface area contributed by atoms with E-state index in [1.54, 1.807) is 13.0 Å². The summed E-state index contributed by atoms with van der Waals surface area (Å²) >= 11 is 0. The molecule has 1 saturated heterocycles. The standard InChI is InChI=1S/C23H29F3N4O3/c1-14-8-10-22(11-9-14)20(32)30(21(33)27-22)28-19(31)13-29(18-6-7-18)15(2)16-4-3-5-17(12-16)23(24,25)26/h3-5,12,14-15,18H,6-11,13H2,1-2H3,(H,27,33)(H,28,31). The Kier molecular flexibility index (Phi) is 6.15. The number of amides is 4. The summed E-state index contributed by atoms with van der Waals surface area (Å²) in [6.07, 6.45) is -0.0802. The van der Waals surface area contributed by atoms with Gasteiger partial charge in [0.1, 0.15) is 5.54 Å². The van der Waals surface area contributed by atoms with E-state index in [9.17, 15) is 27.6 Å². The number of hydrazine groups is 1. The van der Waals surface area contributed by atoms with Crippen LogP contribution in [-0.2, 0) is 15.8 Å².